The first-order chi connectivity index (χ1) is 12.5. The molecule has 26 heavy (non-hydrogen) atoms. The summed E-state index contributed by atoms with van der Waals surface area (Å²) < 4.78 is 0. The molecule has 1 aromatic carbocycles. The molecule has 140 valence electrons. The van der Waals surface area contributed by atoms with Crippen molar-refractivity contribution in [1.29, 1.82) is 0 Å². The zero-order chi connectivity index (χ0) is 18.5. The molecule has 0 spiro atoms. The Bertz CT molecular complexity index is 720. The predicted octanol–water partition coefficient (Wildman–Crippen LogP) is 3.88. The molecule has 0 radical (unpaired) electrons. The fourth-order valence-corrected chi connectivity index (χ4v) is 3.34. The number of nitrogens with one attached hydrogen (secondary N) is 1. The number of aromatic nitrogens is 2. The Morgan fingerprint density at radius 3 is 2.50 bits per heavy atom. The van der Waals surface area contributed by atoms with Crippen molar-refractivity contribution in [3.05, 3.63) is 41.6 Å². The summed E-state index contributed by atoms with van der Waals surface area (Å²) in [7, 11) is 0. The van der Waals surface area contributed by atoms with E-state index in [2.05, 4.69) is 66.0 Å². The van der Waals surface area contributed by atoms with Gasteiger partial charge in [-0.3, -0.25) is 0 Å². The number of aryl methyl sites for hydroxylation is 1. The van der Waals surface area contributed by atoms with Gasteiger partial charge in [0.15, 0.2) is 0 Å². The lowest BCUT2D eigenvalue weighted by molar-refractivity contribution is 0.605. The van der Waals surface area contributed by atoms with Gasteiger partial charge in [-0.1, -0.05) is 26.0 Å². The molecular weight excluding hydrogens is 322 g/mol. The number of nitrogens with zero attached hydrogens (tertiary/aromatic N) is 4. The van der Waals surface area contributed by atoms with Crippen LogP contribution in [0.25, 0.3) is 0 Å². The Balaban J connectivity index is 1.60. The average Bonchev–Trinajstić information content (AvgIpc) is 2.64. The second kappa shape index (κ2) is 8.39. The highest BCUT2D eigenvalue weighted by atomic mass is 15.3. The minimum Gasteiger partial charge on any atom is -0.368 e. The highest BCUT2D eigenvalue weighted by Crippen LogP contribution is 2.25. The maximum absolute atomic E-state index is 4.71. The molecule has 0 amide bonds. The van der Waals surface area contributed by atoms with E-state index in [-0.39, 0.29) is 0 Å². The van der Waals surface area contributed by atoms with Crippen LogP contribution in [0.5, 0.6) is 0 Å². The van der Waals surface area contributed by atoms with E-state index in [1.807, 2.05) is 12.3 Å². The van der Waals surface area contributed by atoms with Gasteiger partial charge in [-0.2, -0.15) is 4.98 Å². The standard InChI is InChI=1S/C21H31N5/c1-16(2)8-10-22-21-23-11-9-20(24-21)26-14-12-25(13-15-26)19-7-5-6-17(3)18(19)4/h5-7,9,11,16H,8,10,12-15H2,1-4H3,(H,22,23,24). The molecule has 0 bridgehead atoms. The quantitative estimate of drug-likeness (QED) is 0.854. The number of piperazine rings is 1. The van der Waals surface area contributed by atoms with Crippen LogP contribution in [-0.2, 0) is 0 Å². The number of rotatable bonds is 6. The summed E-state index contributed by atoms with van der Waals surface area (Å²) in [5, 5.41) is 3.34. The van der Waals surface area contributed by atoms with Gasteiger partial charge < -0.3 is 15.1 Å². The van der Waals surface area contributed by atoms with Crippen molar-refractivity contribution in [3.8, 4) is 0 Å². The van der Waals surface area contributed by atoms with E-state index < -0.39 is 0 Å². The smallest absolute Gasteiger partial charge is 0.224 e. The first kappa shape index (κ1) is 18.5. The summed E-state index contributed by atoms with van der Waals surface area (Å²) in [4.78, 5) is 13.9. The fourth-order valence-electron chi connectivity index (χ4n) is 3.34. The Morgan fingerprint density at radius 2 is 1.77 bits per heavy atom. The summed E-state index contributed by atoms with van der Waals surface area (Å²) in [6.07, 6.45) is 2.99. The van der Waals surface area contributed by atoms with Gasteiger partial charge >= 0.3 is 0 Å². The van der Waals surface area contributed by atoms with Gasteiger partial charge in [-0.25, -0.2) is 4.98 Å². The third-order valence-corrected chi connectivity index (χ3v) is 5.17. The topological polar surface area (TPSA) is 44.3 Å². The molecule has 2 aromatic rings. The third-order valence-electron chi connectivity index (χ3n) is 5.17. The zero-order valence-electron chi connectivity index (χ0n) is 16.5. The lowest BCUT2D eigenvalue weighted by atomic mass is 10.1. The molecule has 3 rings (SSSR count). The van der Waals surface area contributed by atoms with Gasteiger partial charge in [0.05, 0.1) is 0 Å². The second-order valence-electron chi connectivity index (χ2n) is 7.54. The van der Waals surface area contributed by atoms with Crippen molar-refractivity contribution in [2.45, 2.75) is 34.1 Å². The molecule has 1 aliphatic rings. The van der Waals surface area contributed by atoms with Crippen LogP contribution >= 0.6 is 0 Å². The van der Waals surface area contributed by atoms with Crippen LogP contribution in [0.15, 0.2) is 30.5 Å². The minimum atomic E-state index is 0.684. The van der Waals surface area contributed by atoms with E-state index >= 15 is 0 Å². The van der Waals surface area contributed by atoms with Crippen molar-refractivity contribution in [2.24, 2.45) is 5.92 Å². The molecule has 1 aromatic heterocycles. The average molecular weight is 354 g/mol. The first-order valence-electron chi connectivity index (χ1n) is 9.67. The Kier molecular flexibility index (Phi) is 5.96. The molecule has 0 aliphatic carbocycles. The molecular formula is C21H31N5. The Morgan fingerprint density at radius 1 is 1.04 bits per heavy atom. The lowest BCUT2D eigenvalue weighted by Crippen LogP contribution is -2.47. The van der Waals surface area contributed by atoms with Gasteiger partial charge in [0.1, 0.15) is 5.82 Å². The van der Waals surface area contributed by atoms with E-state index in [9.17, 15) is 0 Å². The largest absolute Gasteiger partial charge is 0.368 e. The van der Waals surface area contributed by atoms with Crippen LogP contribution in [0.3, 0.4) is 0 Å². The van der Waals surface area contributed by atoms with E-state index in [0.717, 1.165) is 50.9 Å². The summed E-state index contributed by atoms with van der Waals surface area (Å²) in [5.41, 5.74) is 4.11. The Labute approximate surface area is 157 Å². The minimum absolute atomic E-state index is 0.684. The van der Waals surface area contributed by atoms with E-state index in [1.54, 1.807) is 0 Å². The number of hydrogen-bond acceptors (Lipinski definition) is 5. The van der Waals surface area contributed by atoms with Crippen LogP contribution < -0.4 is 15.1 Å². The van der Waals surface area contributed by atoms with Crippen LogP contribution in [0, 0.1) is 19.8 Å². The van der Waals surface area contributed by atoms with Crippen LogP contribution in [-0.4, -0.2) is 42.7 Å². The van der Waals surface area contributed by atoms with Gasteiger partial charge in [-0.15, -0.1) is 0 Å². The van der Waals surface area contributed by atoms with Crippen molar-refractivity contribution in [2.75, 3.05) is 47.8 Å². The van der Waals surface area contributed by atoms with Gasteiger partial charge in [-0.05, 0) is 49.4 Å². The van der Waals surface area contributed by atoms with Crippen LogP contribution in [0.1, 0.15) is 31.4 Å². The highest BCUT2D eigenvalue weighted by Gasteiger charge is 2.20. The maximum Gasteiger partial charge on any atom is 0.224 e. The highest BCUT2D eigenvalue weighted by molar-refractivity contribution is 5.57. The van der Waals surface area contributed by atoms with E-state index in [4.69, 9.17) is 4.98 Å². The fraction of sp³-hybridized carbons (Fsp3) is 0.524. The normalized spacial score (nSPS) is 14.8. The molecule has 1 saturated heterocycles. The summed E-state index contributed by atoms with van der Waals surface area (Å²) in [6.45, 7) is 13.8. The first-order valence-corrected chi connectivity index (χ1v) is 9.67. The molecule has 1 N–H and O–H groups in total. The van der Waals surface area contributed by atoms with Gasteiger partial charge in [0.2, 0.25) is 5.95 Å². The number of benzene rings is 1. The molecule has 5 nitrogen and oxygen atoms in total. The van der Waals surface area contributed by atoms with Crippen molar-refractivity contribution < 1.29 is 0 Å². The van der Waals surface area contributed by atoms with Crippen LogP contribution in [0.4, 0.5) is 17.5 Å². The van der Waals surface area contributed by atoms with Crippen molar-refractivity contribution in [1.82, 2.24) is 9.97 Å². The summed E-state index contributed by atoms with van der Waals surface area (Å²) >= 11 is 0. The molecule has 5 heteroatoms. The number of hydrogen-bond donors (Lipinski definition) is 1. The maximum atomic E-state index is 4.71. The SMILES string of the molecule is Cc1cccc(N2CCN(c3ccnc(NCCC(C)C)n3)CC2)c1C. The Hall–Kier alpha value is -2.30. The monoisotopic (exact) mass is 353 g/mol. The number of anilines is 3. The molecule has 1 fully saturated rings. The van der Waals surface area contributed by atoms with E-state index in [1.165, 1.54) is 16.8 Å². The van der Waals surface area contributed by atoms with Crippen molar-refractivity contribution >= 4 is 17.5 Å². The summed E-state index contributed by atoms with van der Waals surface area (Å²) in [6, 6.07) is 8.59. The zero-order valence-corrected chi connectivity index (χ0v) is 16.5. The molecule has 0 saturated carbocycles. The predicted molar refractivity (Wildman–Crippen MR) is 110 cm³/mol. The molecule has 0 atom stereocenters. The van der Waals surface area contributed by atoms with Gasteiger partial charge in [0.25, 0.3) is 0 Å². The second-order valence-corrected chi connectivity index (χ2v) is 7.54. The van der Waals surface area contributed by atoms with Crippen LogP contribution in [0.2, 0.25) is 0 Å². The molecule has 0 unspecified atom stereocenters. The van der Waals surface area contributed by atoms with E-state index in [0.29, 0.717) is 5.92 Å². The third kappa shape index (κ3) is 4.45. The van der Waals surface area contributed by atoms with Crippen molar-refractivity contribution in [3.63, 3.8) is 0 Å². The lowest BCUT2D eigenvalue weighted by Gasteiger charge is -2.37. The summed E-state index contributed by atoms with van der Waals surface area (Å²) in [5.74, 6) is 2.44. The molecule has 2 heterocycles. The van der Waals surface area contributed by atoms with Gasteiger partial charge in [0, 0.05) is 44.6 Å². The molecule has 1 aliphatic heterocycles.